The highest BCUT2D eigenvalue weighted by Crippen LogP contribution is 2.39. The average Bonchev–Trinajstić information content (AvgIpc) is 3.36. The highest BCUT2D eigenvalue weighted by Gasteiger charge is 2.51. The van der Waals surface area contributed by atoms with Crippen LogP contribution >= 0.6 is 23.5 Å². The number of nitrogens with one attached hydrogen (secondary N) is 1. The number of H-pyrrole nitrogens is 1. The molecule has 1 aliphatic heterocycles. The van der Waals surface area contributed by atoms with E-state index in [0.717, 1.165) is 33.9 Å². The number of carbonyl (C=O) groups excluding carboxylic acids is 2. The molecule has 0 saturated carbocycles. The third-order valence-electron chi connectivity index (χ3n) is 7.56. The van der Waals surface area contributed by atoms with Crippen molar-refractivity contribution in [1.29, 1.82) is 0 Å². The first kappa shape index (κ1) is 34.1. The zero-order valence-corrected chi connectivity index (χ0v) is 28.5. The molecule has 4 rings (SSSR count). The first-order valence-corrected chi connectivity index (χ1v) is 18.3. The molecule has 44 heavy (non-hydrogen) atoms. The molecule has 12 heteroatoms. The van der Waals surface area contributed by atoms with Crippen LogP contribution in [0.3, 0.4) is 0 Å². The number of nitrogens with zero attached hydrogens (tertiary/aromatic N) is 1. The summed E-state index contributed by atoms with van der Waals surface area (Å²) in [5.74, 6) is 0.279. The van der Waals surface area contributed by atoms with Crippen LogP contribution in [0.4, 0.5) is 0 Å². The molecule has 1 fully saturated rings. The fraction of sp³-hybridized carbons (Fsp3) is 0.438. The summed E-state index contributed by atoms with van der Waals surface area (Å²) in [5.41, 5.74) is -1.28. The number of rotatable bonds is 11. The Bertz CT molecular complexity index is 1520. The van der Waals surface area contributed by atoms with Crippen molar-refractivity contribution in [3.8, 4) is 0 Å². The van der Waals surface area contributed by atoms with Gasteiger partial charge in [-0.15, -0.1) is 0 Å². The molecule has 0 aliphatic carbocycles. The second-order valence-electron chi connectivity index (χ2n) is 11.8. The van der Waals surface area contributed by atoms with Gasteiger partial charge in [0, 0.05) is 37.8 Å². The summed E-state index contributed by atoms with van der Waals surface area (Å²) in [6.07, 6.45) is -0.152. The van der Waals surface area contributed by atoms with Crippen LogP contribution in [0.1, 0.15) is 52.8 Å². The van der Waals surface area contributed by atoms with Crippen LogP contribution in [0, 0.1) is 6.92 Å². The molecule has 3 aromatic rings. The van der Waals surface area contributed by atoms with Gasteiger partial charge in [-0.05, 0) is 22.3 Å². The first-order chi connectivity index (χ1) is 20.8. The second kappa shape index (κ2) is 14.6. The lowest BCUT2D eigenvalue weighted by atomic mass is 10.2. The summed E-state index contributed by atoms with van der Waals surface area (Å²) < 4.78 is 21.5. The number of ether oxygens (including phenoxy) is 2. The van der Waals surface area contributed by atoms with Gasteiger partial charge in [0.15, 0.2) is 10.2 Å². The largest absolute Gasteiger partial charge is 0.405 e. The molecule has 0 radical (unpaired) electrons. The van der Waals surface area contributed by atoms with E-state index in [1.165, 1.54) is 24.6 Å². The van der Waals surface area contributed by atoms with E-state index in [1.54, 1.807) is 6.92 Å². The van der Waals surface area contributed by atoms with Crippen LogP contribution < -0.4 is 21.6 Å². The molecule has 9 nitrogen and oxygen atoms in total. The number of carbonyl (C=O) groups is 2. The lowest BCUT2D eigenvalue weighted by molar-refractivity contribution is -0.110. The lowest BCUT2D eigenvalue weighted by Crippen LogP contribution is -2.67. The van der Waals surface area contributed by atoms with Crippen molar-refractivity contribution in [3.63, 3.8) is 0 Å². The van der Waals surface area contributed by atoms with Gasteiger partial charge in [-0.1, -0.05) is 105 Å². The molecule has 1 N–H and O–H groups in total. The Labute approximate surface area is 267 Å². The van der Waals surface area contributed by atoms with E-state index in [1.807, 2.05) is 36.4 Å². The highest BCUT2D eigenvalue weighted by molar-refractivity contribution is 8.17. The van der Waals surface area contributed by atoms with Crippen molar-refractivity contribution >= 4 is 52.4 Å². The van der Waals surface area contributed by atoms with Gasteiger partial charge < -0.3 is 13.9 Å². The van der Waals surface area contributed by atoms with Gasteiger partial charge in [0.25, 0.3) is 13.9 Å². The van der Waals surface area contributed by atoms with E-state index < -0.39 is 43.4 Å². The summed E-state index contributed by atoms with van der Waals surface area (Å²) in [6, 6.07) is 20.5. The van der Waals surface area contributed by atoms with Gasteiger partial charge in [-0.25, -0.2) is 4.79 Å². The molecule has 2 aromatic carbocycles. The number of hydrogen-bond donors (Lipinski definition) is 1. The maximum Gasteiger partial charge on any atom is 0.330 e. The minimum absolute atomic E-state index is 0.0786. The molecule has 1 aromatic heterocycles. The second-order valence-corrected chi connectivity index (χ2v) is 18.7. The van der Waals surface area contributed by atoms with Crippen LogP contribution in [0.2, 0.25) is 5.04 Å². The normalized spacial score (nSPS) is 19.5. The standard InChI is InChI=1S/C32H40N2O7S2Si/c1-21-18-34(31(38)33-30(21)37)28-17-26(41-29(43-23(3)36)20-42-22(2)35)27(40-28)19-39-44(32(4,5)6,24-13-9-7-10-14-24)25-15-11-8-12-16-25/h7-16,18,26-29H,17,19-20H2,1-6H3,(H,33,37,38)/t26?,27-,28-,29?/m1/s1. The summed E-state index contributed by atoms with van der Waals surface area (Å²) >= 11 is 2.11. The van der Waals surface area contributed by atoms with Crippen molar-refractivity contribution in [2.45, 2.75) is 76.9 Å². The Kier molecular flexibility index (Phi) is 11.3. The number of aromatic nitrogens is 2. The van der Waals surface area contributed by atoms with E-state index in [0.29, 0.717) is 5.56 Å². The van der Waals surface area contributed by atoms with E-state index in [2.05, 4.69) is 50.0 Å². The van der Waals surface area contributed by atoms with E-state index in [9.17, 15) is 19.2 Å². The Morgan fingerprint density at radius 2 is 1.61 bits per heavy atom. The van der Waals surface area contributed by atoms with Crippen molar-refractivity contribution < 1.29 is 23.5 Å². The third-order valence-corrected chi connectivity index (χ3v) is 14.5. The van der Waals surface area contributed by atoms with E-state index >= 15 is 0 Å². The molecule has 236 valence electrons. The summed E-state index contributed by atoms with van der Waals surface area (Å²) in [4.78, 5) is 51.1. The predicted octanol–water partition coefficient (Wildman–Crippen LogP) is 3.98. The Hall–Kier alpha value is -2.74. The molecule has 2 heterocycles. The van der Waals surface area contributed by atoms with Crippen LogP contribution in [0.5, 0.6) is 0 Å². The van der Waals surface area contributed by atoms with E-state index in [4.69, 9.17) is 13.9 Å². The van der Waals surface area contributed by atoms with Crippen molar-refractivity contribution in [2.24, 2.45) is 0 Å². The quantitative estimate of drug-likeness (QED) is 0.242. The van der Waals surface area contributed by atoms with Crippen LogP contribution in [0.15, 0.2) is 76.4 Å². The molecule has 2 unspecified atom stereocenters. The fourth-order valence-electron chi connectivity index (χ4n) is 5.60. The monoisotopic (exact) mass is 656 g/mol. The molecular formula is C32H40N2O7S2Si. The minimum atomic E-state index is -2.93. The summed E-state index contributed by atoms with van der Waals surface area (Å²) in [5, 5.41) is 1.73. The zero-order chi connectivity index (χ0) is 32.1. The first-order valence-electron chi connectivity index (χ1n) is 14.5. The molecule has 0 spiro atoms. The molecule has 1 saturated heterocycles. The lowest BCUT2D eigenvalue weighted by Gasteiger charge is -2.43. The molecule has 0 amide bonds. The van der Waals surface area contributed by atoms with Crippen molar-refractivity contribution in [2.75, 3.05) is 12.4 Å². The topological polar surface area (TPSA) is 117 Å². The van der Waals surface area contributed by atoms with Gasteiger partial charge in [-0.2, -0.15) is 0 Å². The number of hydrogen-bond acceptors (Lipinski definition) is 9. The van der Waals surface area contributed by atoms with Crippen LogP contribution in [0.25, 0.3) is 0 Å². The Balaban J connectivity index is 1.73. The van der Waals surface area contributed by atoms with Gasteiger partial charge in [0.2, 0.25) is 0 Å². The smallest absolute Gasteiger partial charge is 0.330 e. The highest BCUT2D eigenvalue weighted by atomic mass is 32.2. The van der Waals surface area contributed by atoms with Crippen molar-refractivity contribution in [1.82, 2.24) is 9.55 Å². The SMILES string of the molecule is CC(=O)SCC(OC1C[C@H](n2cc(C)c(=O)[nH]c2=O)O[C@@H]1CO[Si](c1ccccc1)(c1ccccc1)C(C)(C)C)SC(C)=O. The van der Waals surface area contributed by atoms with Crippen LogP contribution in [-0.4, -0.2) is 58.1 Å². The summed E-state index contributed by atoms with van der Waals surface area (Å²) in [7, 11) is -2.93. The maximum absolute atomic E-state index is 12.8. The van der Waals surface area contributed by atoms with Gasteiger partial charge in [0.05, 0.1) is 12.7 Å². The van der Waals surface area contributed by atoms with Crippen LogP contribution in [-0.2, 0) is 23.5 Å². The number of benzene rings is 2. The average molecular weight is 657 g/mol. The molecule has 4 atom stereocenters. The Morgan fingerprint density at radius 3 is 2.14 bits per heavy atom. The molecular weight excluding hydrogens is 617 g/mol. The van der Waals surface area contributed by atoms with Gasteiger partial charge in [-0.3, -0.25) is 23.9 Å². The zero-order valence-electron chi connectivity index (χ0n) is 25.9. The van der Waals surface area contributed by atoms with Gasteiger partial charge in [0.1, 0.15) is 17.8 Å². The van der Waals surface area contributed by atoms with E-state index in [-0.39, 0.29) is 34.0 Å². The van der Waals surface area contributed by atoms with Gasteiger partial charge >= 0.3 is 5.69 Å². The minimum Gasteiger partial charge on any atom is -0.405 e. The maximum atomic E-state index is 12.8. The van der Waals surface area contributed by atoms with Crippen molar-refractivity contribution in [3.05, 3.63) is 93.3 Å². The molecule has 1 aliphatic rings. The fourth-order valence-corrected chi connectivity index (χ4v) is 11.7. The predicted molar refractivity (Wildman–Crippen MR) is 178 cm³/mol. The number of aromatic amines is 1. The Morgan fingerprint density at radius 1 is 1.02 bits per heavy atom. The summed E-state index contributed by atoms with van der Waals surface area (Å²) in [6.45, 7) is 11.3. The number of aryl methyl sites for hydroxylation is 1. The number of thioether (sulfide) groups is 2. The molecule has 0 bridgehead atoms. The third kappa shape index (κ3) is 7.90.